The van der Waals surface area contributed by atoms with Crippen molar-refractivity contribution in [2.75, 3.05) is 34.4 Å². The fourth-order valence-corrected chi connectivity index (χ4v) is 3.77. The number of nitrogens with two attached hydrogens (primary N) is 1. The van der Waals surface area contributed by atoms with E-state index in [0.717, 1.165) is 11.1 Å². The van der Waals surface area contributed by atoms with Crippen LogP contribution in [-0.4, -0.2) is 28.5 Å². The summed E-state index contributed by atoms with van der Waals surface area (Å²) < 4.78 is 14.0. The summed E-state index contributed by atoms with van der Waals surface area (Å²) in [6.45, 7) is 7.00. The normalized spacial score (nSPS) is 15.2. The Bertz CT molecular complexity index is 1070. The highest BCUT2D eigenvalue weighted by Gasteiger charge is 2.39. The first kappa shape index (κ1) is 19.6. The smallest absolute Gasteiger partial charge is 0.226 e. The fraction of sp³-hybridized carbons (Fsp3) is 0.227. The lowest BCUT2D eigenvalue weighted by Gasteiger charge is -2.30. The van der Waals surface area contributed by atoms with Gasteiger partial charge in [-0.2, -0.15) is 9.97 Å². The molecule has 0 aliphatic carbocycles. The molecule has 154 valence electrons. The second kappa shape index (κ2) is 7.98. The number of aromatic nitrogens is 3. The third-order valence-electron chi connectivity index (χ3n) is 5.11. The van der Waals surface area contributed by atoms with E-state index < -0.39 is 0 Å². The number of anilines is 4. The number of halogens is 1. The Labute approximate surface area is 175 Å². The summed E-state index contributed by atoms with van der Waals surface area (Å²) in [5, 5.41) is 3.13. The summed E-state index contributed by atoms with van der Waals surface area (Å²) in [6.07, 6.45) is 4.34. The van der Waals surface area contributed by atoms with Gasteiger partial charge in [-0.1, -0.05) is 36.9 Å². The number of benzene rings is 1. The Balaban J connectivity index is 1.81. The maximum Gasteiger partial charge on any atom is 0.226 e. The molecule has 1 aliphatic rings. The van der Waals surface area contributed by atoms with Gasteiger partial charge in [0.1, 0.15) is 17.7 Å². The van der Waals surface area contributed by atoms with Crippen molar-refractivity contribution in [2.24, 2.45) is 0 Å². The summed E-state index contributed by atoms with van der Waals surface area (Å²) in [4.78, 5) is 17.2. The maximum atomic E-state index is 14.0. The van der Waals surface area contributed by atoms with Crippen LogP contribution in [0, 0.1) is 5.82 Å². The van der Waals surface area contributed by atoms with Crippen molar-refractivity contribution < 1.29 is 4.39 Å². The number of hydrogen-bond acceptors (Lipinski definition) is 7. The molecule has 3 aromatic rings. The lowest BCUT2D eigenvalue weighted by Crippen LogP contribution is -2.33. The molecule has 0 bridgehead atoms. The predicted molar refractivity (Wildman–Crippen MR) is 119 cm³/mol. The molecule has 0 saturated heterocycles. The summed E-state index contributed by atoms with van der Waals surface area (Å²) in [5.74, 6) is 1.15. The zero-order valence-electron chi connectivity index (χ0n) is 17.0. The van der Waals surface area contributed by atoms with Gasteiger partial charge in [-0.25, -0.2) is 4.39 Å². The Morgan fingerprint density at radius 1 is 1.23 bits per heavy atom. The summed E-state index contributed by atoms with van der Waals surface area (Å²) in [6, 6.07) is 9.61. The molecule has 3 N–H and O–H groups in total. The van der Waals surface area contributed by atoms with Crippen LogP contribution in [-0.2, 0) is 6.54 Å². The molecule has 1 aliphatic heterocycles. The van der Waals surface area contributed by atoms with Gasteiger partial charge >= 0.3 is 0 Å². The standard InChI is InChI=1S/C22H24FN7/c1-4-14-6-8-15(9-7-14)13-30-20-18(19(24)27-22(28-20)26-5-2)29(3)21(30)16-10-17(23)12-25-11-16/h4,6-12,21H,1,5,13H2,2-3H3,(H3,24,26,27,28). The van der Waals surface area contributed by atoms with E-state index in [-0.39, 0.29) is 12.0 Å². The SMILES string of the molecule is C=Cc1ccc(CN2c3nc(NCC)nc(N)c3N(C)C2c2cncc(F)c2)cc1. The number of hydrogen-bond donors (Lipinski definition) is 2. The molecule has 4 rings (SSSR count). The van der Waals surface area contributed by atoms with Crippen LogP contribution >= 0.6 is 0 Å². The van der Waals surface area contributed by atoms with E-state index in [9.17, 15) is 4.39 Å². The highest BCUT2D eigenvalue weighted by molar-refractivity contribution is 5.84. The largest absolute Gasteiger partial charge is 0.382 e. The zero-order chi connectivity index (χ0) is 21.3. The Kier molecular flexibility index (Phi) is 5.22. The van der Waals surface area contributed by atoms with E-state index in [1.54, 1.807) is 12.3 Å². The quantitative estimate of drug-likeness (QED) is 0.645. The molecule has 0 radical (unpaired) electrons. The van der Waals surface area contributed by atoms with Crippen LogP contribution in [0.5, 0.6) is 0 Å². The maximum absolute atomic E-state index is 14.0. The van der Waals surface area contributed by atoms with Gasteiger partial charge in [0.25, 0.3) is 0 Å². The predicted octanol–water partition coefficient (Wildman–Crippen LogP) is 3.82. The van der Waals surface area contributed by atoms with Gasteiger partial charge in [-0.05, 0) is 24.1 Å². The van der Waals surface area contributed by atoms with Crippen molar-refractivity contribution in [2.45, 2.75) is 19.6 Å². The van der Waals surface area contributed by atoms with Gasteiger partial charge in [-0.15, -0.1) is 0 Å². The molecule has 0 spiro atoms. The van der Waals surface area contributed by atoms with Crippen LogP contribution in [0.3, 0.4) is 0 Å². The molecule has 8 heteroatoms. The summed E-state index contributed by atoms with van der Waals surface area (Å²) in [5.41, 5.74) is 9.85. The highest BCUT2D eigenvalue weighted by Crippen LogP contribution is 2.47. The Morgan fingerprint density at radius 3 is 2.67 bits per heavy atom. The highest BCUT2D eigenvalue weighted by atomic mass is 19.1. The third-order valence-corrected chi connectivity index (χ3v) is 5.11. The number of pyridine rings is 1. The fourth-order valence-electron chi connectivity index (χ4n) is 3.77. The number of nitrogen functional groups attached to an aromatic ring is 1. The van der Waals surface area contributed by atoms with E-state index in [1.165, 1.54) is 12.3 Å². The van der Waals surface area contributed by atoms with E-state index in [0.29, 0.717) is 41.9 Å². The first-order chi connectivity index (χ1) is 14.5. The lowest BCUT2D eigenvalue weighted by atomic mass is 10.1. The van der Waals surface area contributed by atoms with Crippen molar-refractivity contribution in [1.82, 2.24) is 15.0 Å². The molecular weight excluding hydrogens is 381 g/mol. The van der Waals surface area contributed by atoms with Crippen molar-refractivity contribution >= 4 is 29.3 Å². The van der Waals surface area contributed by atoms with Crippen molar-refractivity contribution in [3.05, 3.63) is 71.8 Å². The van der Waals surface area contributed by atoms with Crippen LogP contribution in [0.4, 0.5) is 27.7 Å². The molecule has 0 saturated carbocycles. The second-order valence-electron chi connectivity index (χ2n) is 7.13. The Hall–Kier alpha value is -3.68. The average Bonchev–Trinajstić information content (AvgIpc) is 3.00. The number of fused-ring (bicyclic) bond motifs is 1. The van der Waals surface area contributed by atoms with Gasteiger partial charge in [0.15, 0.2) is 11.6 Å². The third kappa shape index (κ3) is 3.52. The van der Waals surface area contributed by atoms with Gasteiger partial charge in [0.2, 0.25) is 5.95 Å². The first-order valence-corrected chi connectivity index (χ1v) is 9.74. The van der Waals surface area contributed by atoms with Crippen LogP contribution in [0.1, 0.15) is 29.8 Å². The molecule has 3 heterocycles. The number of nitrogens with zero attached hydrogens (tertiary/aromatic N) is 5. The molecule has 30 heavy (non-hydrogen) atoms. The lowest BCUT2D eigenvalue weighted by molar-refractivity contribution is 0.598. The van der Waals surface area contributed by atoms with Gasteiger partial charge in [-0.3, -0.25) is 4.98 Å². The van der Waals surface area contributed by atoms with Gasteiger partial charge in [0, 0.05) is 31.9 Å². The van der Waals surface area contributed by atoms with Crippen molar-refractivity contribution in [3.63, 3.8) is 0 Å². The van der Waals surface area contributed by atoms with Crippen LogP contribution in [0.25, 0.3) is 6.08 Å². The molecule has 0 amide bonds. The van der Waals surface area contributed by atoms with Gasteiger partial charge in [0.05, 0.1) is 6.20 Å². The topological polar surface area (TPSA) is 83.2 Å². The second-order valence-corrected chi connectivity index (χ2v) is 7.13. The van der Waals surface area contributed by atoms with E-state index >= 15 is 0 Å². The molecule has 2 aromatic heterocycles. The van der Waals surface area contributed by atoms with Gasteiger partial charge < -0.3 is 20.9 Å². The minimum atomic E-state index is -0.389. The molecular formula is C22H24FN7. The summed E-state index contributed by atoms with van der Waals surface area (Å²) in [7, 11) is 1.90. The monoisotopic (exact) mass is 405 g/mol. The van der Waals surface area contributed by atoms with E-state index in [2.05, 4.69) is 26.8 Å². The molecule has 7 nitrogen and oxygen atoms in total. The van der Waals surface area contributed by atoms with Crippen molar-refractivity contribution in [1.29, 1.82) is 0 Å². The van der Waals surface area contributed by atoms with E-state index in [1.807, 2.05) is 43.1 Å². The number of nitrogens with one attached hydrogen (secondary N) is 1. The molecule has 1 atom stereocenters. The summed E-state index contributed by atoms with van der Waals surface area (Å²) >= 11 is 0. The molecule has 1 aromatic carbocycles. The number of rotatable bonds is 6. The van der Waals surface area contributed by atoms with E-state index in [4.69, 9.17) is 10.7 Å². The Morgan fingerprint density at radius 2 is 2.00 bits per heavy atom. The minimum absolute atomic E-state index is 0.323. The molecule has 1 unspecified atom stereocenters. The first-order valence-electron chi connectivity index (χ1n) is 9.74. The zero-order valence-corrected chi connectivity index (χ0v) is 17.0. The van der Waals surface area contributed by atoms with Crippen LogP contribution in [0.15, 0.2) is 49.3 Å². The minimum Gasteiger partial charge on any atom is -0.382 e. The molecule has 0 fully saturated rings. The average molecular weight is 405 g/mol. The van der Waals surface area contributed by atoms with Crippen LogP contribution in [0.2, 0.25) is 0 Å². The van der Waals surface area contributed by atoms with Crippen LogP contribution < -0.4 is 20.9 Å². The van der Waals surface area contributed by atoms with Crippen molar-refractivity contribution in [3.8, 4) is 0 Å².